The number of hydrogen-bond donors (Lipinski definition) is 3. The number of rotatable bonds is 3. The lowest BCUT2D eigenvalue weighted by Gasteiger charge is -2.24. The van der Waals surface area contributed by atoms with Crippen molar-refractivity contribution in [1.82, 2.24) is 5.32 Å². The highest BCUT2D eigenvalue weighted by molar-refractivity contribution is 7.16. The highest BCUT2D eigenvalue weighted by atomic mass is 32.1. The summed E-state index contributed by atoms with van der Waals surface area (Å²) in [6.07, 6.45) is 3.95. The van der Waals surface area contributed by atoms with Gasteiger partial charge in [0.2, 0.25) is 0 Å². The first kappa shape index (κ1) is 16.7. The van der Waals surface area contributed by atoms with Crippen LogP contribution in [-0.2, 0) is 13.0 Å². The molecule has 1 amide bonds. The fraction of sp³-hybridized carbons (Fsp3) is 0.278. The number of amides is 1. The third-order valence-electron chi connectivity index (χ3n) is 4.76. The van der Waals surface area contributed by atoms with Crippen molar-refractivity contribution in [3.05, 3.63) is 62.0 Å². The molecular weight excluding hydrogens is 352 g/mol. The van der Waals surface area contributed by atoms with Crippen molar-refractivity contribution >= 4 is 34.0 Å². The maximum atomic E-state index is 12.6. The lowest BCUT2D eigenvalue weighted by molar-refractivity contribution is -0.895. The van der Waals surface area contributed by atoms with Crippen LogP contribution in [0.25, 0.3) is 6.08 Å². The molecular formula is C18H19N4O3S+. The minimum atomic E-state index is -0.406. The van der Waals surface area contributed by atoms with E-state index in [4.69, 9.17) is 0 Å². The van der Waals surface area contributed by atoms with Gasteiger partial charge in [-0.15, -0.1) is 11.3 Å². The summed E-state index contributed by atoms with van der Waals surface area (Å²) in [7, 11) is 2.16. The fourth-order valence-corrected chi connectivity index (χ4v) is 4.84. The van der Waals surface area contributed by atoms with Crippen LogP contribution in [0.3, 0.4) is 0 Å². The van der Waals surface area contributed by atoms with E-state index in [9.17, 15) is 14.9 Å². The SMILES string of the molecule is C[NH+]1CCc2c(sc3c2C(=O)N[C@@H](/C=C\c2ccccc2[N+](=O)[O-])N3)C1. The van der Waals surface area contributed by atoms with Crippen LogP contribution in [0.2, 0.25) is 0 Å². The van der Waals surface area contributed by atoms with Crippen LogP contribution in [-0.4, -0.2) is 30.6 Å². The first-order valence-electron chi connectivity index (χ1n) is 8.48. The molecule has 3 heterocycles. The number of anilines is 1. The summed E-state index contributed by atoms with van der Waals surface area (Å²) in [6.45, 7) is 1.98. The number of nitro benzene ring substituents is 1. The van der Waals surface area contributed by atoms with E-state index < -0.39 is 4.92 Å². The average Bonchev–Trinajstić information content (AvgIpc) is 2.97. The van der Waals surface area contributed by atoms with Crippen molar-refractivity contribution in [2.45, 2.75) is 19.1 Å². The smallest absolute Gasteiger partial charge is 0.276 e. The Hall–Kier alpha value is -2.71. The highest BCUT2D eigenvalue weighted by Crippen LogP contribution is 2.36. The number of para-hydroxylation sites is 1. The Morgan fingerprint density at radius 3 is 2.96 bits per heavy atom. The number of fused-ring (bicyclic) bond motifs is 3. The minimum absolute atomic E-state index is 0.0455. The lowest BCUT2D eigenvalue weighted by atomic mass is 10.0. The molecule has 26 heavy (non-hydrogen) atoms. The van der Waals surface area contributed by atoms with E-state index >= 15 is 0 Å². The first-order chi connectivity index (χ1) is 12.5. The minimum Gasteiger partial charge on any atom is -0.353 e. The molecule has 0 aliphatic carbocycles. The van der Waals surface area contributed by atoms with Crippen molar-refractivity contribution in [2.75, 3.05) is 18.9 Å². The van der Waals surface area contributed by atoms with E-state index in [2.05, 4.69) is 17.7 Å². The Kier molecular flexibility index (Phi) is 4.21. The van der Waals surface area contributed by atoms with E-state index in [1.165, 1.54) is 21.4 Å². The summed E-state index contributed by atoms with van der Waals surface area (Å²) >= 11 is 1.64. The molecule has 1 aromatic carbocycles. The Balaban J connectivity index is 1.59. The third-order valence-corrected chi connectivity index (χ3v) is 5.92. The van der Waals surface area contributed by atoms with Crippen molar-refractivity contribution < 1.29 is 14.6 Å². The largest absolute Gasteiger partial charge is 0.353 e. The van der Waals surface area contributed by atoms with Gasteiger partial charge in [0.25, 0.3) is 11.6 Å². The van der Waals surface area contributed by atoms with Crippen molar-refractivity contribution in [2.24, 2.45) is 0 Å². The van der Waals surface area contributed by atoms with Gasteiger partial charge in [0.05, 0.1) is 34.5 Å². The van der Waals surface area contributed by atoms with Crippen LogP contribution in [0, 0.1) is 10.1 Å². The Morgan fingerprint density at radius 1 is 1.35 bits per heavy atom. The highest BCUT2D eigenvalue weighted by Gasteiger charge is 2.32. The van der Waals surface area contributed by atoms with Crippen LogP contribution in [0.1, 0.15) is 26.4 Å². The number of quaternary nitrogens is 1. The molecule has 0 saturated carbocycles. The van der Waals surface area contributed by atoms with E-state index in [-0.39, 0.29) is 17.8 Å². The van der Waals surface area contributed by atoms with Gasteiger partial charge in [-0.1, -0.05) is 12.1 Å². The molecule has 0 spiro atoms. The summed E-state index contributed by atoms with van der Waals surface area (Å²) in [4.78, 5) is 26.0. The summed E-state index contributed by atoms with van der Waals surface area (Å²) in [5.74, 6) is -0.0759. The molecule has 2 aliphatic rings. The monoisotopic (exact) mass is 371 g/mol. The van der Waals surface area contributed by atoms with E-state index in [0.717, 1.165) is 30.1 Å². The average molecular weight is 371 g/mol. The predicted molar refractivity (Wildman–Crippen MR) is 100 cm³/mol. The Labute approximate surface area is 154 Å². The zero-order chi connectivity index (χ0) is 18.3. The summed E-state index contributed by atoms with van der Waals surface area (Å²) in [6, 6.07) is 6.55. The summed E-state index contributed by atoms with van der Waals surface area (Å²) in [5.41, 5.74) is 2.49. The third kappa shape index (κ3) is 2.97. The van der Waals surface area contributed by atoms with Crippen LogP contribution >= 0.6 is 11.3 Å². The quantitative estimate of drug-likeness (QED) is 0.562. The van der Waals surface area contributed by atoms with Gasteiger partial charge in [-0.3, -0.25) is 14.9 Å². The molecule has 1 aromatic heterocycles. The molecule has 0 fully saturated rings. The van der Waals surface area contributed by atoms with Gasteiger partial charge in [-0.05, 0) is 23.8 Å². The number of carbonyl (C=O) groups excluding carboxylic acids is 1. The topological polar surface area (TPSA) is 88.7 Å². The number of thiophene rings is 1. The fourth-order valence-electron chi connectivity index (χ4n) is 3.44. The first-order valence-corrected chi connectivity index (χ1v) is 9.29. The molecule has 134 valence electrons. The summed E-state index contributed by atoms with van der Waals surface area (Å²) < 4.78 is 0. The molecule has 2 aromatic rings. The van der Waals surface area contributed by atoms with Crippen molar-refractivity contribution in [3.8, 4) is 0 Å². The second-order valence-electron chi connectivity index (χ2n) is 6.61. The molecule has 0 radical (unpaired) electrons. The van der Waals surface area contributed by atoms with Gasteiger partial charge in [0, 0.05) is 12.5 Å². The molecule has 3 N–H and O–H groups in total. The van der Waals surface area contributed by atoms with E-state index in [1.54, 1.807) is 41.7 Å². The van der Waals surface area contributed by atoms with Gasteiger partial charge in [0.1, 0.15) is 17.7 Å². The van der Waals surface area contributed by atoms with E-state index in [1.807, 2.05) is 0 Å². The molecule has 7 nitrogen and oxygen atoms in total. The number of nitrogens with one attached hydrogen (secondary N) is 3. The maximum Gasteiger partial charge on any atom is 0.276 e. The van der Waals surface area contributed by atoms with Crippen molar-refractivity contribution in [1.29, 1.82) is 0 Å². The number of likely N-dealkylation sites (N-methyl/N-ethyl adjacent to an activating group) is 1. The van der Waals surface area contributed by atoms with Crippen LogP contribution in [0.5, 0.6) is 0 Å². The van der Waals surface area contributed by atoms with Gasteiger partial charge in [-0.2, -0.15) is 0 Å². The zero-order valence-corrected chi connectivity index (χ0v) is 15.1. The summed E-state index contributed by atoms with van der Waals surface area (Å²) in [5, 5.41) is 18.3. The molecule has 0 bridgehead atoms. The molecule has 0 saturated heterocycles. The second-order valence-corrected chi connectivity index (χ2v) is 7.72. The lowest BCUT2D eigenvalue weighted by Crippen LogP contribution is -3.08. The maximum absolute atomic E-state index is 12.6. The number of nitro groups is 1. The number of benzene rings is 1. The second kappa shape index (κ2) is 6.54. The zero-order valence-electron chi connectivity index (χ0n) is 14.2. The molecule has 1 unspecified atom stereocenters. The molecule has 4 rings (SSSR count). The normalized spacial score (nSPS) is 21.7. The molecule has 8 heteroatoms. The van der Waals surface area contributed by atoms with Gasteiger partial charge < -0.3 is 15.5 Å². The Bertz CT molecular complexity index is 921. The predicted octanol–water partition coefficient (Wildman–Crippen LogP) is 1.42. The van der Waals surface area contributed by atoms with E-state index in [0.29, 0.717) is 5.56 Å². The number of hydrogen-bond acceptors (Lipinski definition) is 5. The van der Waals surface area contributed by atoms with Gasteiger partial charge in [0.15, 0.2) is 0 Å². The number of nitrogens with zero attached hydrogens (tertiary/aromatic N) is 1. The van der Waals surface area contributed by atoms with Crippen LogP contribution in [0.15, 0.2) is 30.3 Å². The van der Waals surface area contributed by atoms with Crippen molar-refractivity contribution in [3.63, 3.8) is 0 Å². The Morgan fingerprint density at radius 2 is 2.15 bits per heavy atom. The van der Waals surface area contributed by atoms with Gasteiger partial charge >= 0.3 is 0 Å². The molecule has 2 atom stereocenters. The van der Waals surface area contributed by atoms with Crippen LogP contribution in [0.4, 0.5) is 10.7 Å². The standard InChI is InChI=1S/C18H18N4O3S/c1-21-9-8-12-14(10-21)26-18-16(12)17(23)19-15(20-18)7-6-11-4-2-3-5-13(11)22(24)25/h2-7,15,20H,8-10H2,1H3,(H,19,23)/p+1/b7-6-/t15-/m1/s1. The van der Waals surface area contributed by atoms with Crippen LogP contribution < -0.4 is 15.5 Å². The van der Waals surface area contributed by atoms with Gasteiger partial charge in [-0.25, -0.2) is 0 Å². The molecule has 2 aliphatic heterocycles. The number of carbonyl (C=O) groups is 1.